The summed E-state index contributed by atoms with van der Waals surface area (Å²) in [6, 6.07) is 0. The summed E-state index contributed by atoms with van der Waals surface area (Å²) in [5, 5.41) is 12.3. The molecule has 45 heavy (non-hydrogen) atoms. The summed E-state index contributed by atoms with van der Waals surface area (Å²) >= 11 is 0. The lowest BCUT2D eigenvalue weighted by molar-refractivity contribution is -0.147. The lowest BCUT2D eigenvalue weighted by Crippen LogP contribution is -2.27. The average molecular weight is 654 g/mol. The summed E-state index contributed by atoms with van der Waals surface area (Å²) in [7, 11) is -4.39. The van der Waals surface area contributed by atoms with Gasteiger partial charge in [-0.3, -0.25) is 18.6 Å². The Labute approximate surface area is 272 Å². The predicted octanol–water partition coefficient (Wildman–Crippen LogP) is 8.20. The fourth-order valence-electron chi connectivity index (χ4n) is 3.97. The molecule has 0 aliphatic carbocycles. The van der Waals surface area contributed by atoms with Crippen LogP contribution in [0.2, 0.25) is 0 Å². The van der Waals surface area contributed by atoms with Crippen molar-refractivity contribution in [3.8, 4) is 0 Å². The van der Waals surface area contributed by atoms with Crippen molar-refractivity contribution in [1.29, 1.82) is 0 Å². The molecule has 0 aliphatic rings. The van der Waals surface area contributed by atoms with Crippen LogP contribution in [0.5, 0.6) is 0 Å². The normalized spacial score (nSPS) is 14.3. The molecule has 10 heteroatoms. The Balaban J connectivity index is 3.58. The molecule has 0 spiro atoms. The van der Waals surface area contributed by atoms with E-state index >= 15 is 0 Å². The minimum Gasteiger partial charge on any atom is -0.463 e. The van der Waals surface area contributed by atoms with E-state index < -0.39 is 26.5 Å². The number of aliphatic hydroxyl groups is 1. The van der Waals surface area contributed by atoms with E-state index in [0.717, 1.165) is 57.8 Å². The molecular weight excluding hydrogens is 593 g/mol. The maximum Gasteiger partial charge on any atom is 0.472 e. The molecule has 0 radical (unpaired) electrons. The Bertz CT molecular complexity index is 929. The van der Waals surface area contributed by atoms with Crippen molar-refractivity contribution < 1.29 is 37.9 Å². The minimum absolute atomic E-state index is 0.0712. The number of esters is 1. The molecule has 1 amide bonds. The highest BCUT2D eigenvalue weighted by atomic mass is 31.2. The number of carbonyl (C=O) groups is 2. The Morgan fingerprint density at radius 3 is 1.82 bits per heavy atom. The van der Waals surface area contributed by atoms with Crippen LogP contribution in [0.25, 0.3) is 0 Å². The summed E-state index contributed by atoms with van der Waals surface area (Å²) < 4.78 is 26.2. The molecular formula is C35H60NO8P. The van der Waals surface area contributed by atoms with Gasteiger partial charge in [-0.2, -0.15) is 0 Å². The molecule has 0 rings (SSSR count). The van der Waals surface area contributed by atoms with Gasteiger partial charge in [0.05, 0.1) is 13.2 Å². The van der Waals surface area contributed by atoms with E-state index in [9.17, 15) is 24.2 Å². The molecule has 2 unspecified atom stereocenters. The monoisotopic (exact) mass is 653 g/mol. The first-order valence-corrected chi connectivity index (χ1v) is 18.3. The number of phosphoric acid groups is 1. The Hall–Kier alpha value is -2.29. The molecule has 0 saturated carbocycles. The zero-order valence-electron chi connectivity index (χ0n) is 27.8. The van der Waals surface area contributed by atoms with Gasteiger partial charge in [0.2, 0.25) is 5.91 Å². The van der Waals surface area contributed by atoms with E-state index in [2.05, 4.69) is 73.0 Å². The standard InChI is InChI=1S/C35H60NO8P/c1-3-5-6-7-8-9-10-11-12-13-14-15-16-17-18-19-20-21-22-23-24-25-26-28-34(38)36-29-30-43-45(40,41)44-32-33(37)31-42-35(39)27-4-2/h5-6,8-9,11-12,14-15,17-18,33,37H,3-4,7,10,13,16,19-32H2,1-2H3,(H,36,38)(H,40,41)/b6-5-,9-8-,12-11-,15-14-,18-17-. The van der Waals surface area contributed by atoms with Crippen molar-refractivity contribution in [3.05, 3.63) is 60.8 Å². The first-order valence-electron chi connectivity index (χ1n) is 16.8. The van der Waals surface area contributed by atoms with Crippen LogP contribution in [-0.4, -0.2) is 54.3 Å². The highest BCUT2D eigenvalue weighted by Gasteiger charge is 2.23. The van der Waals surface area contributed by atoms with E-state index in [-0.39, 0.29) is 32.1 Å². The number of hydrogen-bond donors (Lipinski definition) is 3. The van der Waals surface area contributed by atoms with E-state index in [1.54, 1.807) is 0 Å². The van der Waals surface area contributed by atoms with E-state index in [1.807, 2.05) is 6.92 Å². The summed E-state index contributed by atoms with van der Waals surface area (Å²) in [4.78, 5) is 32.9. The number of nitrogens with one attached hydrogen (secondary N) is 1. The van der Waals surface area contributed by atoms with Gasteiger partial charge in [-0.1, -0.05) is 107 Å². The Kier molecular flexibility index (Phi) is 30.1. The van der Waals surface area contributed by atoms with Crippen LogP contribution in [0, 0.1) is 0 Å². The maximum absolute atomic E-state index is 12.0. The average Bonchev–Trinajstić information content (AvgIpc) is 3.01. The van der Waals surface area contributed by atoms with Crippen molar-refractivity contribution in [3.63, 3.8) is 0 Å². The summed E-state index contributed by atoms with van der Waals surface area (Å²) in [6.45, 7) is 2.98. The van der Waals surface area contributed by atoms with E-state index in [0.29, 0.717) is 12.8 Å². The quantitative estimate of drug-likeness (QED) is 0.0306. The first kappa shape index (κ1) is 42.7. The summed E-state index contributed by atoms with van der Waals surface area (Å²) in [6.07, 6.45) is 36.1. The molecule has 0 aromatic carbocycles. The number of rotatable bonds is 30. The van der Waals surface area contributed by atoms with Crippen LogP contribution in [0.3, 0.4) is 0 Å². The van der Waals surface area contributed by atoms with Gasteiger partial charge in [0, 0.05) is 19.4 Å². The highest BCUT2D eigenvalue weighted by molar-refractivity contribution is 7.47. The molecule has 0 aromatic heterocycles. The second-order valence-electron chi connectivity index (χ2n) is 10.8. The van der Waals surface area contributed by atoms with Gasteiger partial charge in [0.1, 0.15) is 12.7 Å². The molecule has 9 nitrogen and oxygen atoms in total. The topological polar surface area (TPSA) is 131 Å². The zero-order chi connectivity index (χ0) is 33.3. The molecule has 3 N–H and O–H groups in total. The Morgan fingerprint density at radius 2 is 1.24 bits per heavy atom. The fourth-order valence-corrected chi connectivity index (χ4v) is 4.73. The number of allylic oxidation sites excluding steroid dienone is 10. The number of aliphatic hydroxyl groups excluding tert-OH is 1. The largest absolute Gasteiger partial charge is 0.472 e. The first-order chi connectivity index (χ1) is 21.8. The van der Waals surface area contributed by atoms with Crippen LogP contribution in [0.4, 0.5) is 0 Å². The number of phosphoric ester groups is 1. The van der Waals surface area contributed by atoms with Crippen molar-refractivity contribution in [2.75, 3.05) is 26.4 Å². The van der Waals surface area contributed by atoms with E-state index in [1.165, 1.54) is 25.7 Å². The smallest absolute Gasteiger partial charge is 0.463 e. The van der Waals surface area contributed by atoms with Gasteiger partial charge < -0.3 is 20.1 Å². The lowest BCUT2D eigenvalue weighted by atomic mass is 10.1. The molecule has 0 bridgehead atoms. The van der Waals surface area contributed by atoms with Crippen molar-refractivity contribution in [2.24, 2.45) is 0 Å². The summed E-state index contributed by atoms with van der Waals surface area (Å²) in [5.74, 6) is -0.590. The number of carbonyl (C=O) groups excluding carboxylic acids is 2. The van der Waals surface area contributed by atoms with Crippen molar-refractivity contribution >= 4 is 19.7 Å². The predicted molar refractivity (Wildman–Crippen MR) is 183 cm³/mol. The van der Waals surface area contributed by atoms with Crippen LogP contribution in [0.15, 0.2) is 60.8 Å². The molecule has 0 fully saturated rings. The SMILES string of the molecule is CC/C=C\C/C=C\C/C=C\C/C=C\C/C=C\CCCCCCCCCC(=O)NCCOP(=O)(O)OCC(O)COC(=O)CCC. The van der Waals surface area contributed by atoms with Crippen molar-refractivity contribution in [2.45, 2.75) is 123 Å². The van der Waals surface area contributed by atoms with Gasteiger partial charge in [0.25, 0.3) is 0 Å². The van der Waals surface area contributed by atoms with E-state index in [4.69, 9.17) is 13.8 Å². The van der Waals surface area contributed by atoms with Crippen molar-refractivity contribution in [1.82, 2.24) is 5.32 Å². The number of unbranched alkanes of at least 4 members (excludes halogenated alkanes) is 7. The van der Waals surface area contributed by atoms with Crippen LogP contribution in [0.1, 0.15) is 117 Å². The van der Waals surface area contributed by atoms with Crippen LogP contribution in [-0.2, 0) is 27.9 Å². The summed E-state index contributed by atoms with van der Waals surface area (Å²) in [5.41, 5.74) is 0. The van der Waals surface area contributed by atoms with Crippen LogP contribution >= 0.6 is 7.82 Å². The molecule has 0 saturated heterocycles. The van der Waals surface area contributed by atoms with Gasteiger partial charge in [-0.15, -0.1) is 0 Å². The highest BCUT2D eigenvalue weighted by Crippen LogP contribution is 2.42. The zero-order valence-corrected chi connectivity index (χ0v) is 28.7. The molecule has 0 aromatic rings. The minimum atomic E-state index is -4.39. The van der Waals surface area contributed by atoms with Gasteiger partial charge in [0.15, 0.2) is 0 Å². The molecule has 2 atom stereocenters. The number of amides is 1. The molecule has 0 heterocycles. The maximum atomic E-state index is 12.0. The third kappa shape index (κ3) is 32.9. The lowest BCUT2D eigenvalue weighted by Gasteiger charge is -2.15. The van der Waals surface area contributed by atoms with Crippen LogP contribution < -0.4 is 5.32 Å². The molecule has 258 valence electrons. The second-order valence-corrected chi connectivity index (χ2v) is 12.2. The number of hydrogen-bond acceptors (Lipinski definition) is 7. The van der Waals surface area contributed by atoms with Gasteiger partial charge in [-0.05, 0) is 57.8 Å². The fraction of sp³-hybridized carbons (Fsp3) is 0.657. The third-order valence-corrected chi connectivity index (χ3v) is 7.42. The molecule has 0 aliphatic heterocycles. The third-order valence-electron chi connectivity index (χ3n) is 6.43. The Morgan fingerprint density at radius 1 is 0.711 bits per heavy atom. The second kappa shape index (κ2) is 31.7. The number of ether oxygens (including phenoxy) is 1. The van der Waals surface area contributed by atoms with Gasteiger partial charge in [-0.25, -0.2) is 4.57 Å². The van der Waals surface area contributed by atoms with Gasteiger partial charge >= 0.3 is 13.8 Å².